The van der Waals surface area contributed by atoms with Gasteiger partial charge in [-0.1, -0.05) is 24.3 Å². The summed E-state index contributed by atoms with van der Waals surface area (Å²) in [6, 6.07) is 3.95. The normalized spacial score (nSPS) is 21.3. The number of rotatable bonds is 6. The van der Waals surface area contributed by atoms with Gasteiger partial charge in [-0.3, -0.25) is 4.79 Å². The third kappa shape index (κ3) is 3.05. The minimum absolute atomic E-state index is 0.0230. The highest BCUT2D eigenvalue weighted by Gasteiger charge is 2.30. The SMILES string of the molecule is C=CCN(CC=C)C(=O)c1ccc(C2C=CN=C3NC=CC32)s1. The number of carbonyl (C=O) groups excluding carboxylic acids is 1. The molecule has 0 bridgehead atoms. The van der Waals surface area contributed by atoms with Gasteiger partial charge in [0.2, 0.25) is 0 Å². The number of nitrogens with one attached hydrogen (secondary N) is 1. The van der Waals surface area contributed by atoms with E-state index in [2.05, 4.69) is 35.6 Å². The summed E-state index contributed by atoms with van der Waals surface area (Å²) in [5, 5.41) is 3.17. The summed E-state index contributed by atoms with van der Waals surface area (Å²) in [6.07, 6.45) is 11.4. The number of thiophene rings is 1. The fourth-order valence-electron chi connectivity index (χ4n) is 2.80. The van der Waals surface area contributed by atoms with Crippen molar-refractivity contribution in [2.24, 2.45) is 10.9 Å². The number of nitrogens with zero attached hydrogens (tertiary/aromatic N) is 2. The largest absolute Gasteiger partial charge is 0.350 e. The standard InChI is InChI=1S/C18H19N3OS/c1-3-11-21(12-4-2)18(22)16-6-5-15(23-16)13-7-9-19-17-14(13)8-10-20-17/h3-10,13-14H,1-2,11-12H2,(H,19,20). The second-order valence-corrected chi connectivity index (χ2v) is 6.52. The Balaban J connectivity index is 1.80. The average Bonchev–Trinajstić information content (AvgIpc) is 3.22. The third-order valence-electron chi connectivity index (χ3n) is 3.90. The zero-order chi connectivity index (χ0) is 16.2. The molecule has 118 valence electrons. The Kier molecular flexibility index (Phi) is 4.57. The van der Waals surface area contributed by atoms with Crippen molar-refractivity contribution in [3.8, 4) is 0 Å². The first kappa shape index (κ1) is 15.5. The number of allylic oxidation sites excluding steroid dienone is 1. The van der Waals surface area contributed by atoms with Gasteiger partial charge in [-0.15, -0.1) is 24.5 Å². The molecule has 0 radical (unpaired) electrons. The van der Waals surface area contributed by atoms with Crippen molar-refractivity contribution in [3.05, 3.63) is 71.7 Å². The van der Waals surface area contributed by atoms with Crippen LogP contribution in [0.3, 0.4) is 0 Å². The number of aliphatic imine (C=N–C) groups is 1. The highest BCUT2D eigenvalue weighted by atomic mass is 32.1. The Morgan fingerprint density at radius 3 is 2.78 bits per heavy atom. The van der Waals surface area contributed by atoms with Crippen LogP contribution in [0.2, 0.25) is 0 Å². The third-order valence-corrected chi connectivity index (χ3v) is 5.07. The van der Waals surface area contributed by atoms with Crippen LogP contribution in [0, 0.1) is 5.92 Å². The molecule has 2 atom stereocenters. The van der Waals surface area contributed by atoms with Crippen molar-refractivity contribution in [1.29, 1.82) is 0 Å². The molecule has 0 saturated carbocycles. The van der Waals surface area contributed by atoms with E-state index in [0.717, 1.165) is 10.7 Å². The van der Waals surface area contributed by atoms with Crippen molar-refractivity contribution in [2.75, 3.05) is 13.1 Å². The summed E-state index contributed by atoms with van der Waals surface area (Å²) in [4.78, 5) is 20.6. The highest BCUT2D eigenvalue weighted by molar-refractivity contribution is 7.14. The van der Waals surface area contributed by atoms with Crippen LogP contribution >= 0.6 is 11.3 Å². The van der Waals surface area contributed by atoms with Gasteiger partial charge in [0, 0.05) is 36.0 Å². The Bertz CT molecular complexity index is 704. The molecule has 23 heavy (non-hydrogen) atoms. The zero-order valence-corrected chi connectivity index (χ0v) is 13.6. The van der Waals surface area contributed by atoms with Gasteiger partial charge in [0.15, 0.2) is 0 Å². The lowest BCUT2D eigenvalue weighted by Crippen LogP contribution is -2.30. The van der Waals surface area contributed by atoms with Crippen LogP contribution in [-0.4, -0.2) is 29.7 Å². The van der Waals surface area contributed by atoms with Crippen LogP contribution in [-0.2, 0) is 0 Å². The van der Waals surface area contributed by atoms with Crippen LogP contribution in [0.25, 0.3) is 0 Å². The minimum atomic E-state index is 0.0230. The molecule has 0 fully saturated rings. The van der Waals surface area contributed by atoms with Crippen molar-refractivity contribution in [3.63, 3.8) is 0 Å². The van der Waals surface area contributed by atoms with E-state index in [0.29, 0.717) is 13.1 Å². The zero-order valence-electron chi connectivity index (χ0n) is 12.8. The summed E-state index contributed by atoms with van der Waals surface area (Å²) in [6.45, 7) is 8.47. The van der Waals surface area contributed by atoms with Gasteiger partial charge in [0.05, 0.1) is 4.88 Å². The molecular weight excluding hydrogens is 306 g/mol. The lowest BCUT2D eigenvalue weighted by atomic mass is 9.89. The van der Waals surface area contributed by atoms with Gasteiger partial charge in [-0.05, 0) is 18.3 Å². The van der Waals surface area contributed by atoms with E-state index in [9.17, 15) is 4.79 Å². The Morgan fingerprint density at radius 1 is 1.26 bits per heavy atom. The van der Waals surface area contributed by atoms with Gasteiger partial charge in [-0.25, -0.2) is 4.99 Å². The number of hydrogen-bond donors (Lipinski definition) is 1. The van der Waals surface area contributed by atoms with Crippen molar-refractivity contribution >= 4 is 23.1 Å². The molecule has 0 saturated heterocycles. The summed E-state index contributed by atoms with van der Waals surface area (Å²) in [5.41, 5.74) is 0. The van der Waals surface area contributed by atoms with E-state index in [-0.39, 0.29) is 17.7 Å². The van der Waals surface area contributed by atoms with Gasteiger partial charge in [0.25, 0.3) is 5.91 Å². The Labute approximate surface area is 140 Å². The molecule has 2 aliphatic rings. The van der Waals surface area contributed by atoms with Gasteiger partial charge in [-0.2, -0.15) is 0 Å². The summed E-state index contributed by atoms with van der Waals surface area (Å²) < 4.78 is 0. The van der Waals surface area contributed by atoms with Gasteiger partial charge >= 0.3 is 0 Å². The lowest BCUT2D eigenvalue weighted by Gasteiger charge is -2.21. The lowest BCUT2D eigenvalue weighted by molar-refractivity contribution is 0.0795. The van der Waals surface area contributed by atoms with Crippen LogP contribution < -0.4 is 5.32 Å². The average molecular weight is 325 g/mol. The van der Waals surface area contributed by atoms with E-state index < -0.39 is 0 Å². The quantitative estimate of drug-likeness (QED) is 0.816. The second-order valence-electron chi connectivity index (χ2n) is 5.40. The molecule has 0 spiro atoms. The van der Waals surface area contributed by atoms with E-state index in [1.807, 2.05) is 24.5 Å². The number of amidine groups is 1. The number of amides is 1. The maximum Gasteiger partial charge on any atom is 0.264 e. The van der Waals surface area contributed by atoms with Crippen LogP contribution in [0.5, 0.6) is 0 Å². The molecule has 1 N–H and O–H groups in total. The molecule has 1 aromatic heterocycles. The monoisotopic (exact) mass is 325 g/mol. The fraction of sp³-hybridized carbons (Fsp3) is 0.222. The van der Waals surface area contributed by atoms with Crippen molar-refractivity contribution in [1.82, 2.24) is 10.2 Å². The minimum Gasteiger partial charge on any atom is -0.350 e. The maximum atomic E-state index is 12.6. The molecule has 4 nitrogen and oxygen atoms in total. The van der Waals surface area contributed by atoms with E-state index >= 15 is 0 Å². The van der Waals surface area contributed by atoms with Gasteiger partial charge < -0.3 is 10.2 Å². The Hall–Kier alpha value is -2.40. The number of carbonyl (C=O) groups is 1. The molecule has 3 rings (SSSR count). The fourth-order valence-corrected chi connectivity index (χ4v) is 3.90. The number of fused-ring (bicyclic) bond motifs is 1. The highest BCUT2D eigenvalue weighted by Crippen LogP contribution is 2.36. The van der Waals surface area contributed by atoms with E-state index in [4.69, 9.17) is 0 Å². The topological polar surface area (TPSA) is 44.7 Å². The van der Waals surface area contributed by atoms with Crippen LogP contribution in [0.1, 0.15) is 20.5 Å². The first-order valence-corrected chi connectivity index (χ1v) is 8.34. The first-order valence-electron chi connectivity index (χ1n) is 7.53. The van der Waals surface area contributed by atoms with E-state index in [1.165, 1.54) is 4.88 Å². The van der Waals surface area contributed by atoms with Crippen molar-refractivity contribution in [2.45, 2.75) is 5.92 Å². The second kappa shape index (κ2) is 6.79. The molecule has 0 aromatic carbocycles. The molecule has 2 aliphatic heterocycles. The van der Waals surface area contributed by atoms with Gasteiger partial charge in [0.1, 0.15) is 5.84 Å². The Morgan fingerprint density at radius 2 is 2.04 bits per heavy atom. The summed E-state index contributed by atoms with van der Waals surface area (Å²) in [7, 11) is 0. The van der Waals surface area contributed by atoms with Crippen LogP contribution in [0.15, 0.2) is 67.0 Å². The smallest absolute Gasteiger partial charge is 0.264 e. The van der Waals surface area contributed by atoms with Crippen LogP contribution in [0.4, 0.5) is 0 Å². The molecule has 1 amide bonds. The summed E-state index contributed by atoms with van der Waals surface area (Å²) in [5.74, 6) is 1.46. The molecule has 5 heteroatoms. The summed E-state index contributed by atoms with van der Waals surface area (Å²) >= 11 is 1.55. The number of hydrogen-bond acceptors (Lipinski definition) is 4. The molecule has 0 aliphatic carbocycles. The molecule has 3 heterocycles. The maximum absolute atomic E-state index is 12.6. The first-order chi connectivity index (χ1) is 11.2. The van der Waals surface area contributed by atoms with E-state index in [1.54, 1.807) is 28.4 Å². The van der Waals surface area contributed by atoms with Crippen molar-refractivity contribution < 1.29 is 4.79 Å². The molecule has 1 aromatic rings. The molecular formula is C18H19N3OS. The predicted octanol–water partition coefficient (Wildman–Crippen LogP) is 3.30. The predicted molar refractivity (Wildman–Crippen MR) is 95.7 cm³/mol. The molecule has 2 unspecified atom stereocenters.